The maximum Gasteiger partial charge on any atom is 0.279 e. The molecule has 2 fully saturated rings. The normalized spacial score (nSPS) is 20.2. The number of piperidine rings is 1. The summed E-state index contributed by atoms with van der Waals surface area (Å²) in [7, 11) is -1.15. The number of hydrogen-bond donors (Lipinski definition) is 1. The van der Waals surface area contributed by atoms with Crippen molar-refractivity contribution in [3.63, 3.8) is 0 Å². The lowest BCUT2D eigenvalue weighted by atomic mass is 10.1. The largest absolute Gasteiger partial charge is 0.378 e. The molecule has 1 aliphatic heterocycles. The lowest BCUT2D eigenvalue weighted by Gasteiger charge is -2.31. The van der Waals surface area contributed by atoms with Gasteiger partial charge in [0.15, 0.2) is 0 Å². The highest BCUT2D eigenvalue weighted by molar-refractivity contribution is 7.87. The molecule has 0 aromatic rings. The van der Waals surface area contributed by atoms with Gasteiger partial charge in [-0.3, -0.25) is 0 Å². The fourth-order valence-corrected chi connectivity index (χ4v) is 4.62. The lowest BCUT2D eigenvalue weighted by molar-refractivity contribution is 0.0190. The molecule has 1 N–H and O–H groups in total. The van der Waals surface area contributed by atoms with E-state index in [4.69, 9.17) is 4.74 Å². The fourth-order valence-electron chi connectivity index (χ4n) is 3.12. The standard InChI is InChI=1S/C18H35N3O3S/c1-3-12-20(2)13-6-4-5-7-16-24-18-10-14-21(15-11-18)25(22,23)19-17-8-9-17/h3,17-19H,1,4-16H2,2H3. The van der Waals surface area contributed by atoms with Gasteiger partial charge in [-0.05, 0) is 52.1 Å². The summed E-state index contributed by atoms with van der Waals surface area (Å²) in [6, 6.07) is 0.176. The Labute approximate surface area is 153 Å². The first-order chi connectivity index (χ1) is 12.0. The van der Waals surface area contributed by atoms with Crippen LogP contribution in [0.3, 0.4) is 0 Å². The van der Waals surface area contributed by atoms with Gasteiger partial charge in [-0.25, -0.2) is 0 Å². The topological polar surface area (TPSA) is 61.9 Å². The molecule has 0 amide bonds. The quantitative estimate of drug-likeness (QED) is 0.397. The molecule has 2 aliphatic rings. The molecule has 0 aromatic carbocycles. The smallest absolute Gasteiger partial charge is 0.279 e. The van der Waals surface area contributed by atoms with Gasteiger partial charge in [-0.1, -0.05) is 18.9 Å². The molecule has 1 heterocycles. The van der Waals surface area contributed by atoms with Crippen molar-refractivity contribution < 1.29 is 13.2 Å². The Morgan fingerprint density at radius 3 is 2.48 bits per heavy atom. The molecule has 0 aromatic heterocycles. The monoisotopic (exact) mass is 373 g/mol. The number of rotatable bonds is 13. The number of nitrogens with zero attached hydrogens (tertiary/aromatic N) is 2. The number of hydrogen-bond acceptors (Lipinski definition) is 4. The van der Waals surface area contributed by atoms with Gasteiger partial charge in [0, 0.05) is 32.3 Å². The number of unbranched alkanes of at least 4 members (excludes halogenated alkanes) is 3. The molecule has 1 saturated heterocycles. The molecule has 1 saturated carbocycles. The van der Waals surface area contributed by atoms with Crippen LogP contribution in [-0.4, -0.2) is 69.6 Å². The third-order valence-corrected chi connectivity index (χ3v) is 6.54. The van der Waals surface area contributed by atoms with Gasteiger partial charge in [-0.2, -0.15) is 17.4 Å². The van der Waals surface area contributed by atoms with Crippen LogP contribution < -0.4 is 4.72 Å². The summed E-state index contributed by atoms with van der Waals surface area (Å²) in [5, 5.41) is 0. The van der Waals surface area contributed by atoms with Gasteiger partial charge in [0.05, 0.1) is 6.10 Å². The molecule has 0 unspecified atom stereocenters. The number of nitrogens with one attached hydrogen (secondary N) is 1. The summed E-state index contributed by atoms with van der Waals surface area (Å²) in [6.45, 7) is 7.76. The number of ether oxygens (including phenoxy) is 1. The van der Waals surface area contributed by atoms with Crippen molar-refractivity contribution in [2.45, 2.75) is 63.5 Å². The van der Waals surface area contributed by atoms with E-state index >= 15 is 0 Å². The molecule has 2 rings (SSSR count). The van der Waals surface area contributed by atoms with E-state index in [1.54, 1.807) is 4.31 Å². The average Bonchev–Trinajstić information content (AvgIpc) is 3.38. The van der Waals surface area contributed by atoms with E-state index in [2.05, 4.69) is 23.2 Å². The van der Waals surface area contributed by atoms with E-state index in [-0.39, 0.29) is 12.1 Å². The van der Waals surface area contributed by atoms with E-state index in [1.165, 1.54) is 19.3 Å². The van der Waals surface area contributed by atoms with Crippen molar-refractivity contribution in [3.8, 4) is 0 Å². The number of likely N-dealkylation sites (N-methyl/N-ethyl adjacent to an activating group) is 1. The van der Waals surface area contributed by atoms with Crippen molar-refractivity contribution in [2.24, 2.45) is 0 Å². The van der Waals surface area contributed by atoms with Gasteiger partial charge in [0.25, 0.3) is 10.2 Å². The van der Waals surface area contributed by atoms with E-state index in [0.717, 1.165) is 51.8 Å². The molecule has 0 bridgehead atoms. The maximum absolute atomic E-state index is 12.2. The van der Waals surface area contributed by atoms with Crippen LogP contribution in [0.4, 0.5) is 0 Å². The Hall–Kier alpha value is -0.470. The average molecular weight is 374 g/mol. The highest BCUT2D eigenvalue weighted by Crippen LogP contribution is 2.22. The Morgan fingerprint density at radius 2 is 1.84 bits per heavy atom. The highest BCUT2D eigenvalue weighted by atomic mass is 32.2. The third-order valence-electron chi connectivity index (χ3n) is 4.86. The van der Waals surface area contributed by atoms with Gasteiger partial charge in [0.1, 0.15) is 0 Å². The Bertz CT molecular complexity index is 486. The summed E-state index contributed by atoms with van der Waals surface area (Å²) in [5.74, 6) is 0. The summed E-state index contributed by atoms with van der Waals surface area (Å²) in [4.78, 5) is 2.28. The first-order valence-electron chi connectivity index (χ1n) is 9.69. The molecular formula is C18H35N3O3S. The van der Waals surface area contributed by atoms with E-state index < -0.39 is 10.2 Å². The molecular weight excluding hydrogens is 338 g/mol. The molecule has 146 valence electrons. The van der Waals surface area contributed by atoms with E-state index in [0.29, 0.717) is 13.1 Å². The van der Waals surface area contributed by atoms with Crippen LogP contribution in [0.1, 0.15) is 51.4 Å². The molecule has 0 atom stereocenters. The predicted molar refractivity (Wildman–Crippen MR) is 102 cm³/mol. The SMILES string of the molecule is C=CCN(C)CCCCCCOC1CCN(S(=O)(=O)NC2CC2)CC1. The molecule has 0 radical (unpaired) electrons. The first kappa shape index (κ1) is 20.8. The van der Waals surface area contributed by atoms with Crippen LogP contribution in [0.2, 0.25) is 0 Å². The fraction of sp³-hybridized carbons (Fsp3) is 0.889. The van der Waals surface area contributed by atoms with Crippen molar-refractivity contribution in [1.82, 2.24) is 13.9 Å². The first-order valence-corrected chi connectivity index (χ1v) is 11.1. The van der Waals surface area contributed by atoms with Crippen LogP contribution in [-0.2, 0) is 14.9 Å². The van der Waals surface area contributed by atoms with Crippen molar-refractivity contribution in [2.75, 3.05) is 39.8 Å². The predicted octanol–water partition coefficient (Wildman–Crippen LogP) is 2.14. The molecule has 0 spiro atoms. The van der Waals surface area contributed by atoms with Crippen molar-refractivity contribution in [3.05, 3.63) is 12.7 Å². The second kappa shape index (κ2) is 10.6. The second-order valence-corrected chi connectivity index (χ2v) is 9.03. The maximum atomic E-state index is 12.2. The Morgan fingerprint density at radius 1 is 1.16 bits per heavy atom. The van der Waals surface area contributed by atoms with E-state index in [9.17, 15) is 8.42 Å². The van der Waals surface area contributed by atoms with Gasteiger partial charge < -0.3 is 9.64 Å². The van der Waals surface area contributed by atoms with Crippen LogP contribution in [0.5, 0.6) is 0 Å². The Balaban J connectivity index is 1.47. The second-order valence-electron chi connectivity index (χ2n) is 7.33. The van der Waals surface area contributed by atoms with Crippen molar-refractivity contribution in [1.29, 1.82) is 0 Å². The summed E-state index contributed by atoms with van der Waals surface area (Å²) in [5.41, 5.74) is 0. The molecule has 6 nitrogen and oxygen atoms in total. The minimum atomic E-state index is -3.27. The minimum absolute atomic E-state index is 0.176. The highest BCUT2D eigenvalue weighted by Gasteiger charge is 2.33. The van der Waals surface area contributed by atoms with Crippen LogP contribution in [0.15, 0.2) is 12.7 Å². The molecule has 7 heteroatoms. The van der Waals surface area contributed by atoms with Gasteiger partial charge in [0.2, 0.25) is 0 Å². The van der Waals surface area contributed by atoms with Gasteiger partial charge in [-0.15, -0.1) is 6.58 Å². The summed E-state index contributed by atoms with van der Waals surface area (Å²) >= 11 is 0. The summed E-state index contributed by atoms with van der Waals surface area (Å²) < 4.78 is 34.6. The molecule has 1 aliphatic carbocycles. The summed E-state index contributed by atoms with van der Waals surface area (Å²) in [6.07, 6.45) is 10.4. The lowest BCUT2D eigenvalue weighted by Crippen LogP contribution is -2.47. The zero-order valence-corrected chi connectivity index (χ0v) is 16.5. The Kier molecular flexibility index (Phi) is 8.85. The van der Waals surface area contributed by atoms with Gasteiger partial charge >= 0.3 is 0 Å². The van der Waals surface area contributed by atoms with Crippen LogP contribution in [0.25, 0.3) is 0 Å². The van der Waals surface area contributed by atoms with Crippen LogP contribution >= 0.6 is 0 Å². The van der Waals surface area contributed by atoms with Crippen molar-refractivity contribution >= 4 is 10.2 Å². The van der Waals surface area contributed by atoms with E-state index in [1.807, 2.05) is 6.08 Å². The minimum Gasteiger partial charge on any atom is -0.378 e. The zero-order valence-electron chi connectivity index (χ0n) is 15.7. The molecule has 25 heavy (non-hydrogen) atoms. The van der Waals surface area contributed by atoms with Crippen LogP contribution in [0, 0.1) is 0 Å². The zero-order chi connectivity index (χ0) is 18.1. The third kappa shape index (κ3) is 8.17.